The summed E-state index contributed by atoms with van der Waals surface area (Å²) >= 11 is 0. The van der Waals surface area contributed by atoms with Crippen molar-refractivity contribution in [2.75, 3.05) is 19.6 Å². The Bertz CT molecular complexity index is 5870. The lowest BCUT2D eigenvalue weighted by Crippen LogP contribution is -2.12. The minimum atomic E-state index is -0.470. The summed E-state index contributed by atoms with van der Waals surface area (Å²) < 4.78 is 21.1. The lowest BCUT2D eigenvalue weighted by molar-refractivity contribution is -0.131. The van der Waals surface area contributed by atoms with E-state index in [0.717, 1.165) is 86.0 Å². The van der Waals surface area contributed by atoms with Gasteiger partial charge in [0.25, 0.3) is 0 Å². The number of hydrogen-bond acceptors (Lipinski definition) is 12. The van der Waals surface area contributed by atoms with E-state index in [2.05, 4.69) is 255 Å². The van der Waals surface area contributed by atoms with Crippen LogP contribution in [0, 0.1) is 27.7 Å². The zero-order valence-corrected chi connectivity index (χ0v) is 64.5. The van der Waals surface area contributed by atoms with Crippen LogP contribution in [0.2, 0.25) is 0 Å². The molecule has 0 saturated heterocycles. The highest BCUT2D eigenvalue weighted by atomic mass is 16.5. The molecule has 0 aliphatic rings. The van der Waals surface area contributed by atoms with Crippen molar-refractivity contribution in [3.8, 4) is 23.0 Å². The summed E-state index contributed by atoms with van der Waals surface area (Å²) in [5.74, 6) is 0.237. The first kappa shape index (κ1) is 78.7. The SMILES string of the molecule is C=C(C)C(=O)Oc1ccc(N(c2ccc(C)cc2)c2ccc(C)cc2)cc1C.C=C(C)C(=O)Oc1ccc(N(c2ccccc2)c2ccc3ccccc3c2)cc1.C=CC(=O)Oc1ccc(N(c2ccc(C)cc2)c2ccc3ccccc3c2)cc1.C=CC(=O)Oc1ccc(N(c2ccccc2)c2ccc3ccccc3c2)cc1. The maximum absolute atomic E-state index is 11.9. The first-order valence-electron chi connectivity index (χ1n) is 37.2. The standard InChI is InChI=1S/2C26H21NO2.C25H19NO2.C25H25NO2/c1-19(2)26(28)29-25-16-14-23(15-17-25)27(22-10-4-3-5-11-22)24-13-12-20-8-6-7-9-21(20)18-24;1-3-26(28)29-25-16-14-23(15-17-25)27(22-11-8-19(2)9-12-22)24-13-10-20-6-4-5-7-21(20)18-24;1-2-25(27)28-24-16-14-22(15-17-24)26(21-10-4-3-5-11-21)23-13-12-19-8-6-7-9-20(19)18-23;1-17(2)25(27)28-24-15-14-23(16-20(24)5)26(21-10-6-18(3)7-11-21)22-12-8-19(4)9-13-22/h2*3-18H,1H2,2H3;2-18H,1H2;6-16H,1H2,2-5H3. The minimum absolute atomic E-state index is 0.371. The van der Waals surface area contributed by atoms with Crippen LogP contribution in [-0.4, -0.2) is 23.9 Å². The fraction of sp³-hybridized carbons (Fsp3) is 0.0588. The van der Waals surface area contributed by atoms with E-state index in [1.807, 2.05) is 134 Å². The fourth-order valence-electron chi connectivity index (χ4n) is 12.5. The van der Waals surface area contributed by atoms with Crippen molar-refractivity contribution in [3.63, 3.8) is 0 Å². The Balaban J connectivity index is 0.000000141. The number of esters is 4. The third-order valence-electron chi connectivity index (χ3n) is 18.5. The largest absolute Gasteiger partial charge is 0.423 e. The summed E-state index contributed by atoms with van der Waals surface area (Å²) in [4.78, 5) is 55.2. The topological polar surface area (TPSA) is 118 Å². The van der Waals surface area contributed by atoms with E-state index in [-0.39, 0.29) is 0 Å². The lowest BCUT2D eigenvalue weighted by Gasteiger charge is -2.26. The van der Waals surface area contributed by atoms with E-state index in [4.69, 9.17) is 18.9 Å². The van der Waals surface area contributed by atoms with Crippen LogP contribution in [0.4, 0.5) is 68.2 Å². The molecule has 0 aliphatic heterocycles. The molecule has 0 spiro atoms. The number of hydrogen-bond donors (Lipinski definition) is 0. The minimum Gasteiger partial charge on any atom is -0.423 e. The van der Waals surface area contributed by atoms with Gasteiger partial charge in [-0.15, -0.1) is 0 Å². The van der Waals surface area contributed by atoms with Gasteiger partial charge < -0.3 is 38.5 Å². The molecular weight excluding hydrogens is 1410 g/mol. The maximum Gasteiger partial charge on any atom is 0.338 e. The Hall–Kier alpha value is -14.9. The quantitative estimate of drug-likeness (QED) is 0.0411. The second-order valence-electron chi connectivity index (χ2n) is 27.1. The molecule has 15 aromatic rings. The van der Waals surface area contributed by atoms with Crippen LogP contribution in [0.25, 0.3) is 32.3 Å². The molecule has 0 radical (unpaired) electrons. The van der Waals surface area contributed by atoms with Gasteiger partial charge in [-0.05, 0) is 267 Å². The van der Waals surface area contributed by atoms with Crippen molar-refractivity contribution in [1.29, 1.82) is 0 Å². The number of rotatable bonds is 20. The molecular formula is C102H86N4O8. The molecule has 114 heavy (non-hydrogen) atoms. The van der Waals surface area contributed by atoms with Gasteiger partial charge in [0.05, 0.1) is 0 Å². The van der Waals surface area contributed by atoms with Crippen molar-refractivity contribution in [1.82, 2.24) is 0 Å². The summed E-state index contributed by atoms with van der Waals surface area (Å²) in [6, 6.07) is 118. The van der Waals surface area contributed by atoms with E-state index >= 15 is 0 Å². The Morgan fingerprint density at radius 2 is 0.491 bits per heavy atom. The van der Waals surface area contributed by atoms with Crippen molar-refractivity contribution < 1.29 is 38.1 Å². The fourth-order valence-corrected chi connectivity index (χ4v) is 12.5. The Morgan fingerprint density at radius 1 is 0.254 bits per heavy atom. The van der Waals surface area contributed by atoms with Gasteiger partial charge in [0.1, 0.15) is 23.0 Å². The molecule has 0 amide bonds. The predicted octanol–water partition coefficient (Wildman–Crippen LogP) is 26.5. The molecule has 0 saturated carbocycles. The number of ether oxygens (including phenoxy) is 4. The zero-order chi connectivity index (χ0) is 80.0. The molecule has 0 bridgehead atoms. The van der Waals surface area contributed by atoms with Crippen LogP contribution in [0.15, 0.2) is 401 Å². The summed E-state index contributed by atoms with van der Waals surface area (Å²) in [6.45, 7) is 25.6. The third kappa shape index (κ3) is 20.3. The second-order valence-corrected chi connectivity index (χ2v) is 27.1. The first-order valence-corrected chi connectivity index (χ1v) is 37.2. The van der Waals surface area contributed by atoms with Crippen molar-refractivity contribution in [2.45, 2.75) is 41.5 Å². The molecule has 0 aliphatic carbocycles. The molecule has 12 heteroatoms. The maximum atomic E-state index is 11.9. The van der Waals surface area contributed by atoms with Crippen LogP contribution >= 0.6 is 0 Å². The molecule has 15 aromatic carbocycles. The average Bonchev–Trinajstić information content (AvgIpc) is 0.815. The van der Waals surface area contributed by atoms with Gasteiger partial charge in [-0.3, -0.25) is 0 Å². The lowest BCUT2D eigenvalue weighted by atomic mass is 10.1. The molecule has 0 unspecified atom stereocenters. The van der Waals surface area contributed by atoms with E-state index in [9.17, 15) is 19.2 Å². The Morgan fingerprint density at radius 3 is 0.781 bits per heavy atom. The summed E-state index contributed by atoms with van der Waals surface area (Å²) in [7, 11) is 0. The van der Waals surface area contributed by atoms with Gasteiger partial charge in [-0.1, -0.05) is 207 Å². The van der Waals surface area contributed by atoms with Gasteiger partial charge in [0.15, 0.2) is 0 Å². The van der Waals surface area contributed by atoms with Crippen LogP contribution in [0.1, 0.15) is 36.1 Å². The molecule has 0 heterocycles. The smallest absolute Gasteiger partial charge is 0.338 e. The highest BCUT2D eigenvalue weighted by Gasteiger charge is 2.20. The number of benzene rings is 15. The number of nitrogens with zero attached hydrogens (tertiary/aromatic N) is 4. The van der Waals surface area contributed by atoms with Crippen molar-refractivity contribution in [2.24, 2.45) is 0 Å². The molecule has 0 fully saturated rings. The number of carbonyl (C=O) groups is 4. The van der Waals surface area contributed by atoms with E-state index < -0.39 is 23.9 Å². The number of fused-ring (bicyclic) bond motifs is 3. The van der Waals surface area contributed by atoms with E-state index in [1.165, 1.54) is 49.0 Å². The highest BCUT2D eigenvalue weighted by molar-refractivity contribution is 5.94. The van der Waals surface area contributed by atoms with Crippen molar-refractivity contribution >= 4 is 124 Å². The van der Waals surface area contributed by atoms with Crippen LogP contribution < -0.4 is 38.5 Å². The van der Waals surface area contributed by atoms with E-state index in [1.54, 1.807) is 50.2 Å². The van der Waals surface area contributed by atoms with Crippen molar-refractivity contribution in [3.05, 3.63) is 424 Å². The average molecular weight is 1500 g/mol. The zero-order valence-electron chi connectivity index (χ0n) is 64.5. The van der Waals surface area contributed by atoms with Gasteiger partial charge in [0.2, 0.25) is 0 Å². The normalized spacial score (nSPS) is 10.5. The van der Waals surface area contributed by atoms with Gasteiger partial charge >= 0.3 is 23.9 Å². The van der Waals surface area contributed by atoms with E-state index in [0.29, 0.717) is 34.1 Å². The molecule has 562 valence electrons. The van der Waals surface area contributed by atoms with Gasteiger partial charge in [-0.25, -0.2) is 19.2 Å². The predicted molar refractivity (Wildman–Crippen MR) is 469 cm³/mol. The van der Waals surface area contributed by atoms with Gasteiger partial charge in [-0.2, -0.15) is 0 Å². The number of aryl methyl sites for hydroxylation is 4. The summed E-state index contributed by atoms with van der Waals surface area (Å²) in [6.07, 6.45) is 2.31. The third-order valence-corrected chi connectivity index (χ3v) is 18.5. The number of carbonyl (C=O) groups excluding carboxylic acids is 4. The van der Waals surface area contributed by atoms with Crippen LogP contribution in [0.3, 0.4) is 0 Å². The number of para-hydroxylation sites is 2. The van der Waals surface area contributed by atoms with Gasteiger partial charge in [0, 0.05) is 91.5 Å². The summed E-state index contributed by atoms with van der Waals surface area (Å²) in [5, 5.41) is 7.14. The number of anilines is 12. The summed E-state index contributed by atoms with van der Waals surface area (Å²) in [5.41, 5.74) is 17.7. The molecule has 0 atom stereocenters. The van der Waals surface area contributed by atoms with Crippen LogP contribution in [-0.2, 0) is 19.2 Å². The molecule has 0 aromatic heterocycles. The second kappa shape index (κ2) is 37.5. The molecule has 0 N–H and O–H groups in total. The van der Waals surface area contributed by atoms with Crippen LogP contribution in [0.5, 0.6) is 23.0 Å². The Labute approximate surface area is 666 Å². The molecule has 12 nitrogen and oxygen atoms in total. The Kier molecular flexibility index (Phi) is 25.9. The monoisotopic (exact) mass is 1490 g/mol. The first-order chi connectivity index (χ1) is 55.3. The molecule has 15 rings (SSSR count). The highest BCUT2D eigenvalue weighted by Crippen LogP contribution is 2.42.